The monoisotopic (exact) mass is 191 g/mol. The fraction of sp³-hybridized carbons (Fsp3) is 0.333. The summed E-state index contributed by atoms with van der Waals surface area (Å²) in [5, 5.41) is 2.61. The second kappa shape index (κ2) is 3.17. The molecule has 72 valence electrons. The lowest BCUT2D eigenvalue weighted by Gasteiger charge is -2.16. The van der Waals surface area contributed by atoms with Gasteiger partial charge < -0.3 is 5.32 Å². The molecule has 5 heteroatoms. The summed E-state index contributed by atoms with van der Waals surface area (Å²) < 4.78 is 0. The highest BCUT2D eigenvalue weighted by atomic mass is 16.1. The largest absolute Gasteiger partial charge is 0.310 e. The lowest BCUT2D eigenvalue weighted by Crippen LogP contribution is -2.22. The zero-order chi connectivity index (χ0) is 10.1. The Kier molecular flexibility index (Phi) is 1.99. The number of hydrogen-bond donors (Lipinski definition) is 1. The van der Waals surface area contributed by atoms with Crippen LogP contribution in [0.4, 0.5) is 5.82 Å². The predicted molar refractivity (Wildman–Crippen MR) is 49.0 cm³/mol. The summed E-state index contributed by atoms with van der Waals surface area (Å²) in [6.07, 6.45) is 2.22. The van der Waals surface area contributed by atoms with Crippen molar-refractivity contribution in [3.8, 4) is 0 Å². The summed E-state index contributed by atoms with van der Waals surface area (Å²) in [6, 6.07) is 0. The number of ketones is 1. The molecule has 5 nitrogen and oxygen atoms in total. The summed E-state index contributed by atoms with van der Waals surface area (Å²) in [5.74, 6) is 0.312. The van der Waals surface area contributed by atoms with Crippen LogP contribution in [-0.2, 0) is 11.2 Å². The second-order valence-electron chi connectivity index (χ2n) is 3.15. The second-order valence-corrected chi connectivity index (χ2v) is 3.15. The summed E-state index contributed by atoms with van der Waals surface area (Å²) in [6.45, 7) is 1.46. The fourth-order valence-corrected chi connectivity index (χ4v) is 1.49. The van der Waals surface area contributed by atoms with Gasteiger partial charge in [0, 0.05) is 18.9 Å². The van der Waals surface area contributed by atoms with E-state index in [0.29, 0.717) is 24.4 Å². The van der Waals surface area contributed by atoms with Gasteiger partial charge in [0.2, 0.25) is 5.91 Å². The van der Waals surface area contributed by atoms with Crippen LogP contribution < -0.4 is 5.32 Å². The molecular weight excluding hydrogens is 182 g/mol. The van der Waals surface area contributed by atoms with E-state index in [1.165, 1.54) is 13.3 Å². The molecule has 1 aliphatic heterocycles. The SMILES string of the molecule is CC(=O)c1ncnc2c1CCC(=O)N2. The third kappa shape index (κ3) is 1.37. The minimum absolute atomic E-state index is 0.0642. The van der Waals surface area contributed by atoms with Crippen LogP contribution in [0.25, 0.3) is 0 Å². The van der Waals surface area contributed by atoms with Gasteiger partial charge >= 0.3 is 0 Å². The molecule has 1 N–H and O–H groups in total. The zero-order valence-corrected chi connectivity index (χ0v) is 7.70. The molecule has 0 aromatic carbocycles. The van der Waals surface area contributed by atoms with Gasteiger partial charge in [0.15, 0.2) is 5.78 Å². The molecule has 1 aliphatic rings. The molecule has 0 saturated heterocycles. The van der Waals surface area contributed by atoms with Gasteiger partial charge in [-0.15, -0.1) is 0 Å². The van der Waals surface area contributed by atoms with Gasteiger partial charge in [-0.05, 0) is 6.42 Å². The summed E-state index contributed by atoms with van der Waals surface area (Å²) in [7, 11) is 0. The van der Waals surface area contributed by atoms with Crippen LogP contribution in [0.2, 0.25) is 0 Å². The van der Waals surface area contributed by atoms with Crippen molar-refractivity contribution in [3.63, 3.8) is 0 Å². The van der Waals surface area contributed by atoms with E-state index < -0.39 is 0 Å². The highest BCUT2D eigenvalue weighted by molar-refractivity contribution is 5.98. The number of nitrogens with zero attached hydrogens (tertiary/aromatic N) is 2. The van der Waals surface area contributed by atoms with Crippen LogP contribution in [0.5, 0.6) is 0 Å². The Labute approximate surface area is 80.6 Å². The fourth-order valence-electron chi connectivity index (χ4n) is 1.49. The van der Waals surface area contributed by atoms with Gasteiger partial charge in [-0.2, -0.15) is 0 Å². The molecule has 0 spiro atoms. The minimum atomic E-state index is -0.0974. The first-order chi connectivity index (χ1) is 6.68. The number of amides is 1. The van der Waals surface area contributed by atoms with E-state index in [1.807, 2.05) is 0 Å². The lowest BCUT2D eigenvalue weighted by molar-refractivity contribution is -0.116. The van der Waals surface area contributed by atoms with Crippen LogP contribution >= 0.6 is 0 Å². The van der Waals surface area contributed by atoms with Crippen molar-refractivity contribution in [1.29, 1.82) is 0 Å². The summed E-state index contributed by atoms with van der Waals surface area (Å²) in [4.78, 5) is 30.1. The number of carbonyl (C=O) groups excluding carboxylic acids is 2. The van der Waals surface area contributed by atoms with E-state index in [2.05, 4.69) is 15.3 Å². The first-order valence-corrected chi connectivity index (χ1v) is 4.33. The Morgan fingerprint density at radius 3 is 2.93 bits per heavy atom. The Balaban J connectivity index is 2.52. The van der Waals surface area contributed by atoms with Crippen LogP contribution in [0.3, 0.4) is 0 Å². The zero-order valence-electron chi connectivity index (χ0n) is 7.70. The first kappa shape index (κ1) is 8.80. The van der Waals surface area contributed by atoms with Crippen molar-refractivity contribution in [3.05, 3.63) is 17.6 Å². The third-order valence-electron chi connectivity index (χ3n) is 2.14. The molecule has 0 bridgehead atoms. The average molecular weight is 191 g/mol. The maximum absolute atomic E-state index is 11.2. The molecule has 14 heavy (non-hydrogen) atoms. The maximum Gasteiger partial charge on any atom is 0.225 e. The molecule has 0 atom stereocenters. The number of nitrogens with one attached hydrogen (secondary N) is 1. The Hall–Kier alpha value is -1.78. The number of fused-ring (bicyclic) bond motifs is 1. The molecule has 0 saturated carbocycles. The quantitative estimate of drug-likeness (QED) is 0.658. The van der Waals surface area contributed by atoms with Gasteiger partial charge in [-0.1, -0.05) is 0 Å². The van der Waals surface area contributed by atoms with E-state index >= 15 is 0 Å². The van der Waals surface area contributed by atoms with Crippen molar-refractivity contribution in [2.45, 2.75) is 19.8 Å². The molecule has 0 radical (unpaired) electrons. The number of anilines is 1. The molecule has 0 unspecified atom stereocenters. The number of carbonyl (C=O) groups is 2. The predicted octanol–water partition coefficient (Wildman–Crippen LogP) is 0.564. The van der Waals surface area contributed by atoms with Gasteiger partial charge in [0.1, 0.15) is 17.8 Å². The van der Waals surface area contributed by atoms with Crippen molar-refractivity contribution in [1.82, 2.24) is 9.97 Å². The molecule has 2 rings (SSSR count). The van der Waals surface area contributed by atoms with Crippen molar-refractivity contribution < 1.29 is 9.59 Å². The normalized spacial score (nSPS) is 14.5. The van der Waals surface area contributed by atoms with Crippen molar-refractivity contribution in [2.24, 2.45) is 0 Å². The number of rotatable bonds is 1. The smallest absolute Gasteiger partial charge is 0.225 e. The van der Waals surface area contributed by atoms with Gasteiger partial charge in [-0.25, -0.2) is 9.97 Å². The van der Waals surface area contributed by atoms with E-state index in [-0.39, 0.29) is 11.7 Å². The molecule has 1 aromatic rings. The lowest BCUT2D eigenvalue weighted by atomic mass is 10.0. The average Bonchev–Trinajstić information content (AvgIpc) is 2.16. The highest BCUT2D eigenvalue weighted by Crippen LogP contribution is 2.21. The van der Waals surface area contributed by atoms with E-state index in [4.69, 9.17) is 0 Å². The summed E-state index contributed by atoms with van der Waals surface area (Å²) >= 11 is 0. The summed E-state index contributed by atoms with van der Waals surface area (Å²) in [5.41, 5.74) is 1.16. The topological polar surface area (TPSA) is 72.0 Å². The van der Waals surface area contributed by atoms with Gasteiger partial charge in [0.05, 0.1) is 0 Å². The Morgan fingerprint density at radius 1 is 1.43 bits per heavy atom. The molecule has 1 amide bonds. The molecule has 0 fully saturated rings. The standard InChI is InChI=1S/C9H9N3O2/c1-5(13)8-6-2-3-7(14)12-9(6)11-4-10-8/h4H,2-3H2,1H3,(H,10,11,12,14). The maximum atomic E-state index is 11.2. The molecule has 1 aromatic heterocycles. The Bertz CT molecular complexity index is 415. The van der Waals surface area contributed by atoms with Gasteiger partial charge in [0.25, 0.3) is 0 Å². The van der Waals surface area contributed by atoms with Crippen molar-refractivity contribution >= 4 is 17.5 Å². The third-order valence-corrected chi connectivity index (χ3v) is 2.14. The minimum Gasteiger partial charge on any atom is -0.310 e. The highest BCUT2D eigenvalue weighted by Gasteiger charge is 2.21. The van der Waals surface area contributed by atoms with Crippen LogP contribution in [0.1, 0.15) is 29.4 Å². The van der Waals surface area contributed by atoms with Crippen LogP contribution in [-0.4, -0.2) is 21.7 Å². The van der Waals surface area contributed by atoms with E-state index in [1.54, 1.807) is 0 Å². The van der Waals surface area contributed by atoms with Crippen LogP contribution in [0.15, 0.2) is 6.33 Å². The Morgan fingerprint density at radius 2 is 2.21 bits per heavy atom. The van der Waals surface area contributed by atoms with Gasteiger partial charge in [-0.3, -0.25) is 9.59 Å². The van der Waals surface area contributed by atoms with E-state index in [0.717, 1.165) is 5.56 Å². The van der Waals surface area contributed by atoms with E-state index in [9.17, 15) is 9.59 Å². The molecule has 0 aliphatic carbocycles. The number of hydrogen-bond acceptors (Lipinski definition) is 4. The number of aromatic nitrogens is 2. The van der Waals surface area contributed by atoms with Crippen LogP contribution in [0, 0.1) is 0 Å². The molecule has 2 heterocycles. The number of Topliss-reactive ketones (excluding diaryl/α,β-unsaturated/α-hetero) is 1. The molecular formula is C9H9N3O2. The van der Waals surface area contributed by atoms with Crippen molar-refractivity contribution in [2.75, 3.05) is 5.32 Å². The first-order valence-electron chi connectivity index (χ1n) is 4.33.